The Morgan fingerprint density at radius 2 is 1.71 bits per heavy atom. The van der Waals surface area contributed by atoms with Crippen molar-refractivity contribution in [1.82, 2.24) is 9.97 Å². The van der Waals surface area contributed by atoms with Gasteiger partial charge in [-0.1, -0.05) is 36.4 Å². The molecule has 0 N–H and O–H groups in total. The molecule has 31 heavy (non-hydrogen) atoms. The average Bonchev–Trinajstić information content (AvgIpc) is 2.82. The number of benzene rings is 2. The van der Waals surface area contributed by atoms with Crippen LogP contribution in [0.1, 0.15) is 21.6 Å². The molecule has 4 rings (SSSR count). The van der Waals surface area contributed by atoms with Crippen LogP contribution < -0.4 is 4.74 Å². The molecule has 0 aliphatic heterocycles. The predicted octanol–water partition coefficient (Wildman–Crippen LogP) is 4.18. The molecule has 0 bridgehead atoms. The Bertz CT molecular complexity index is 1190. The van der Waals surface area contributed by atoms with Crippen molar-refractivity contribution in [3.63, 3.8) is 0 Å². The first kappa shape index (κ1) is 20.2. The zero-order chi connectivity index (χ0) is 21.5. The van der Waals surface area contributed by atoms with E-state index in [0.717, 1.165) is 22.2 Å². The van der Waals surface area contributed by atoms with E-state index in [1.54, 1.807) is 42.6 Å². The van der Waals surface area contributed by atoms with Gasteiger partial charge in [-0.15, -0.1) is 0 Å². The minimum Gasteiger partial charge on any atom is -0.487 e. The summed E-state index contributed by atoms with van der Waals surface area (Å²) in [5.74, 6) is -0.0717. The number of esters is 1. The van der Waals surface area contributed by atoms with Gasteiger partial charge in [0.05, 0.1) is 17.6 Å². The number of rotatable bonds is 8. The van der Waals surface area contributed by atoms with Crippen molar-refractivity contribution in [3.8, 4) is 5.75 Å². The van der Waals surface area contributed by atoms with Gasteiger partial charge in [-0.3, -0.25) is 14.6 Å². The van der Waals surface area contributed by atoms with Gasteiger partial charge in [-0.05, 0) is 42.0 Å². The third-order valence-corrected chi connectivity index (χ3v) is 4.66. The maximum atomic E-state index is 12.0. The number of hydrogen-bond acceptors (Lipinski definition) is 6. The summed E-state index contributed by atoms with van der Waals surface area (Å²) in [6.07, 6.45) is 3.10. The van der Waals surface area contributed by atoms with Crippen LogP contribution in [0.15, 0.2) is 85.2 Å². The largest absolute Gasteiger partial charge is 0.487 e. The summed E-state index contributed by atoms with van der Waals surface area (Å²) in [4.78, 5) is 32.5. The molecule has 0 aliphatic rings. The lowest BCUT2D eigenvalue weighted by atomic mass is 10.1. The standard InChI is InChI=1S/C25H20N2O4/c28-24(20-5-3-13-26-15-20)17-31-25(29)14-18-7-11-22(12-8-18)30-16-21-10-9-19-4-1-2-6-23(19)27-21/h1-13,15H,14,16-17H2. The second-order valence-electron chi connectivity index (χ2n) is 6.93. The lowest BCUT2D eigenvalue weighted by Crippen LogP contribution is -2.15. The van der Waals surface area contributed by atoms with Crippen LogP contribution in [0.4, 0.5) is 0 Å². The number of ketones is 1. The molecule has 4 aromatic rings. The van der Waals surface area contributed by atoms with Gasteiger partial charge in [0, 0.05) is 23.3 Å². The van der Waals surface area contributed by atoms with Crippen LogP contribution in [0, 0.1) is 0 Å². The molecule has 154 valence electrons. The molecule has 0 amide bonds. The fraction of sp³-hybridized carbons (Fsp3) is 0.120. The molecule has 2 aromatic heterocycles. The van der Waals surface area contributed by atoms with Crippen LogP contribution in [-0.2, 0) is 22.6 Å². The molecule has 0 fully saturated rings. The van der Waals surface area contributed by atoms with E-state index in [-0.39, 0.29) is 18.8 Å². The van der Waals surface area contributed by atoms with Crippen LogP contribution in [0.5, 0.6) is 5.75 Å². The number of hydrogen-bond donors (Lipinski definition) is 0. The third-order valence-electron chi connectivity index (χ3n) is 4.66. The molecule has 0 saturated carbocycles. The summed E-state index contributed by atoms with van der Waals surface area (Å²) in [6, 6.07) is 22.4. The zero-order valence-corrected chi connectivity index (χ0v) is 16.7. The van der Waals surface area contributed by atoms with Gasteiger partial charge in [-0.25, -0.2) is 4.98 Å². The van der Waals surface area contributed by atoms with Gasteiger partial charge >= 0.3 is 5.97 Å². The Kier molecular flexibility index (Phi) is 6.28. The maximum Gasteiger partial charge on any atom is 0.310 e. The van der Waals surface area contributed by atoms with Crippen molar-refractivity contribution in [2.45, 2.75) is 13.0 Å². The summed E-state index contributed by atoms with van der Waals surface area (Å²) >= 11 is 0. The summed E-state index contributed by atoms with van der Waals surface area (Å²) < 4.78 is 10.9. The number of fused-ring (bicyclic) bond motifs is 1. The van der Waals surface area contributed by atoms with Gasteiger partial charge in [0.15, 0.2) is 6.61 Å². The molecule has 0 atom stereocenters. The Hall–Kier alpha value is -4.06. The average molecular weight is 412 g/mol. The molecular formula is C25H20N2O4. The predicted molar refractivity (Wildman–Crippen MR) is 116 cm³/mol. The highest BCUT2D eigenvalue weighted by Crippen LogP contribution is 2.16. The van der Waals surface area contributed by atoms with Crippen molar-refractivity contribution < 1.29 is 19.1 Å². The SMILES string of the molecule is O=C(Cc1ccc(OCc2ccc3ccccc3n2)cc1)OCC(=O)c1cccnc1. The van der Waals surface area contributed by atoms with Crippen molar-refractivity contribution in [3.05, 3.63) is 102 Å². The number of pyridine rings is 2. The monoisotopic (exact) mass is 412 g/mol. The second kappa shape index (κ2) is 9.63. The Morgan fingerprint density at radius 1 is 0.871 bits per heavy atom. The van der Waals surface area contributed by atoms with E-state index in [2.05, 4.69) is 9.97 Å². The maximum absolute atomic E-state index is 12.0. The summed E-state index contributed by atoms with van der Waals surface area (Å²) in [5.41, 5.74) is 2.96. The first-order valence-electron chi connectivity index (χ1n) is 9.83. The van der Waals surface area contributed by atoms with E-state index in [1.807, 2.05) is 36.4 Å². The molecule has 2 aromatic carbocycles. The van der Waals surface area contributed by atoms with Gasteiger partial charge in [0.1, 0.15) is 12.4 Å². The highest BCUT2D eigenvalue weighted by Gasteiger charge is 2.11. The Labute approximate surface area is 179 Å². The van der Waals surface area contributed by atoms with E-state index >= 15 is 0 Å². The summed E-state index contributed by atoms with van der Waals surface area (Å²) in [5, 5.41) is 1.09. The van der Waals surface area contributed by atoms with Crippen LogP contribution in [0.25, 0.3) is 10.9 Å². The highest BCUT2D eigenvalue weighted by atomic mass is 16.5. The van der Waals surface area contributed by atoms with Crippen LogP contribution in [0.2, 0.25) is 0 Å². The van der Waals surface area contributed by atoms with Gasteiger partial charge < -0.3 is 9.47 Å². The van der Waals surface area contributed by atoms with Gasteiger partial charge in [0.25, 0.3) is 0 Å². The number of nitrogens with zero attached hydrogens (tertiary/aromatic N) is 2. The topological polar surface area (TPSA) is 78.4 Å². The Balaban J connectivity index is 1.26. The van der Waals surface area contributed by atoms with Crippen LogP contribution in [0.3, 0.4) is 0 Å². The zero-order valence-electron chi connectivity index (χ0n) is 16.7. The molecule has 0 aliphatic carbocycles. The molecule has 2 heterocycles. The van der Waals surface area contributed by atoms with Crippen molar-refractivity contribution in [2.24, 2.45) is 0 Å². The molecule has 0 spiro atoms. The van der Waals surface area contributed by atoms with E-state index in [0.29, 0.717) is 17.9 Å². The normalized spacial score (nSPS) is 10.6. The number of carbonyl (C=O) groups excluding carboxylic acids is 2. The molecule has 6 nitrogen and oxygen atoms in total. The number of Topliss-reactive ketones (excluding diaryl/α,β-unsaturated/α-hetero) is 1. The summed E-state index contributed by atoms with van der Waals surface area (Å²) in [6.45, 7) is 0.0488. The van der Waals surface area contributed by atoms with Crippen LogP contribution >= 0.6 is 0 Å². The lowest BCUT2D eigenvalue weighted by Gasteiger charge is -2.08. The van der Waals surface area contributed by atoms with Gasteiger partial charge in [0.2, 0.25) is 5.78 Å². The number of para-hydroxylation sites is 1. The fourth-order valence-corrected chi connectivity index (χ4v) is 3.02. The molecular weight excluding hydrogens is 392 g/mol. The van der Waals surface area contributed by atoms with Gasteiger partial charge in [-0.2, -0.15) is 0 Å². The second-order valence-corrected chi connectivity index (χ2v) is 6.93. The molecule has 0 unspecified atom stereocenters. The van der Waals surface area contributed by atoms with E-state index in [4.69, 9.17) is 9.47 Å². The number of carbonyl (C=O) groups is 2. The van der Waals surface area contributed by atoms with E-state index < -0.39 is 5.97 Å². The Morgan fingerprint density at radius 3 is 2.52 bits per heavy atom. The molecule has 6 heteroatoms. The van der Waals surface area contributed by atoms with Crippen molar-refractivity contribution in [2.75, 3.05) is 6.61 Å². The molecule has 0 radical (unpaired) electrons. The number of aromatic nitrogens is 2. The third kappa shape index (κ3) is 5.51. The summed E-state index contributed by atoms with van der Waals surface area (Å²) in [7, 11) is 0. The fourth-order valence-electron chi connectivity index (χ4n) is 3.02. The highest BCUT2D eigenvalue weighted by molar-refractivity contribution is 5.97. The quantitative estimate of drug-likeness (QED) is 0.319. The minimum atomic E-state index is -0.466. The minimum absolute atomic E-state index is 0.0762. The van der Waals surface area contributed by atoms with Crippen molar-refractivity contribution >= 4 is 22.7 Å². The first-order chi connectivity index (χ1) is 15.2. The van der Waals surface area contributed by atoms with Crippen LogP contribution in [-0.4, -0.2) is 28.3 Å². The van der Waals surface area contributed by atoms with Crippen molar-refractivity contribution in [1.29, 1.82) is 0 Å². The number of ether oxygens (including phenoxy) is 2. The lowest BCUT2D eigenvalue weighted by molar-refractivity contribution is -0.141. The van der Waals surface area contributed by atoms with E-state index in [9.17, 15) is 9.59 Å². The van der Waals surface area contributed by atoms with E-state index in [1.165, 1.54) is 6.20 Å². The molecule has 0 saturated heterocycles. The first-order valence-corrected chi connectivity index (χ1v) is 9.83. The smallest absolute Gasteiger partial charge is 0.310 e.